The first kappa shape index (κ1) is 13.2. The van der Waals surface area contributed by atoms with Crippen LogP contribution in [0.4, 0.5) is 0 Å². The quantitative estimate of drug-likeness (QED) is 0.842. The van der Waals surface area contributed by atoms with E-state index in [0.717, 1.165) is 34.7 Å². The minimum Gasteiger partial charge on any atom is -0.458 e. The van der Waals surface area contributed by atoms with E-state index in [1.165, 1.54) is 23.8 Å². The molecule has 1 unspecified atom stereocenters. The molecule has 1 heterocycles. The van der Waals surface area contributed by atoms with Gasteiger partial charge < -0.3 is 9.73 Å². The standard InChI is InChI=1S/C16H20BrNO/c1-3-6-18-15(11-4-5-11)14-9-12-7-10(2)8-13(17)16(12)19-14/h7-9,11,15,18H,3-6H2,1-2H3. The van der Waals surface area contributed by atoms with Gasteiger partial charge in [0.1, 0.15) is 11.3 Å². The Morgan fingerprint density at radius 1 is 1.37 bits per heavy atom. The summed E-state index contributed by atoms with van der Waals surface area (Å²) in [6, 6.07) is 6.90. The van der Waals surface area contributed by atoms with Gasteiger partial charge in [0.2, 0.25) is 0 Å². The van der Waals surface area contributed by atoms with Gasteiger partial charge >= 0.3 is 0 Å². The molecule has 3 heteroatoms. The van der Waals surface area contributed by atoms with Crippen molar-refractivity contribution in [2.45, 2.75) is 39.2 Å². The van der Waals surface area contributed by atoms with Crippen molar-refractivity contribution < 1.29 is 4.42 Å². The van der Waals surface area contributed by atoms with E-state index in [-0.39, 0.29) is 0 Å². The molecule has 0 aliphatic heterocycles. The first-order valence-electron chi connectivity index (χ1n) is 7.12. The van der Waals surface area contributed by atoms with Gasteiger partial charge in [-0.2, -0.15) is 0 Å². The number of furan rings is 1. The minimum absolute atomic E-state index is 0.388. The van der Waals surface area contributed by atoms with E-state index < -0.39 is 0 Å². The van der Waals surface area contributed by atoms with Gasteiger partial charge in [-0.05, 0) is 78.3 Å². The number of halogens is 1. The molecule has 1 aromatic heterocycles. The summed E-state index contributed by atoms with van der Waals surface area (Å²) in [6.45, 7) is 5.37. The summed E-state index contributed by atoms with van der Waals surface area (Å²) in [4.78, 5) is 0. The summed E-state index contributed by atoms with van der Waals surface area (Å²) in [5.74, 6) is 1.85. The molecule has 1 atom stereocenters. The van der Waals surface area contributed by atoms with Crippen molar-refractivity contribution in [3.05, 3.63) is 34.0 Å². The monoisotopic (exact) mass is 321 g/mol. The molecule has 2 aromatic rings. The van der Waals surface area contributed by atoms with Crippen molar-refractivity contribution in [2.24, 2.45) is 5.92 Å². The number of fused-ring (bicyclic) bond motifs is 1. The van der Waals surface area contributed by atoms with Crippen LogP contribution in [0.15, 0.2) is 27.1 Å². The van der Waals surface area contributed by atoms with Crippen LogP contribution in [0.25, 0.3) is 11.0 Å². The van der Waals surface area contributed by atoms with Crippen LogP contribution in [-0.2, 0) is 0 Å². The van der Waals surface area contributed by atoms with Gasteiger partial charge in [0.15, 0.2) is 0 Å². The maximum absolute atomic E-state index is 6.10. The lowest BCUT2D eigenvalue weighted by Gasteiger charge is -2.14. The summed E-state index contributed by atoms with van der Waals surface area (Å²) >= 11 is 3.60. The highest BCUT2D eigenvalue weighted by atomic mass is 79.9. The molecular formula is C16H20BrNO. The summed E-state index contributed by atoms with van der Waals surface area (Å²) in [5.41, 5.74) is 2.24. The van der Waals surface area contributed by atoms with Gasteiger partial charge in [-0.25, -0.2) is 0 Å². The maximum Gasteiger partial charge on any atom is 0.148 e. The van der Waals surface area contributed by atoms with Crippen molar-refractivity contribution in [3.8, 4) is 0 Å². The highest BCUT2D eigenvalue weighted by molar-refractivity contribution is 9.10. The van der Waals surface area contributed by atoms with Gasteiger partial charge in [-0.1, -0.05) is 6.92 Å². The molecule has 0 saturated heterocycles. The molecule has 0 radical (unpaired) electrons. The molecule has 0 amide bonds. The average Bonchev–Trinajstić information content (AvgIpc) is 3.10. The van der Waals surface area contributed by atoms with Crippen LogP contribution in [0, 0.1) is 12.8 Å². The lowest BCUT2D eigenvalue weighted by atomic mass is 10.1. The van der Waals surface area contributed by atoms with Crippen molar-refractivity contribution in [2.75, 3.05) is 6.54 Å². The summed E-state index contributed by atoms with van der Waals surface area (Å²) in [6.07, 6.45) is 3.80. The summed E-state index contributed by atoms with van der Waals surface area (Å²) in [5, 5.41) is 4.83. The average molecular weight is 322 g/mol. The number of aryl methyl sites for hydroxylation is 1. The Kier molecular flexibility index (Phi) is 3.68. The Morgan fingerprint density at radius 3 is 2.84 bits per heavy atom. The second kappa shape index (κ2) is 5.29. The zero-order valence-electron chi connectivity index (χ0n) is 11.5. The Bertz CT molecular complexity index is 586. The second-order valence-electron chi connectivity index (χ2n) is 5.58. The van der Waals surface area contributed by atoms with Crippen molar-refractivity contribution in [1.29, 1.82) is 0 Å². The van der Waals surface area contributed by atoms with E-state index in [2.05, 4.69) is 53.3 Å². The van der Waals surface area contributed by atoms with Crippen LogP contribution in [0.5, 0.6) is 0 Å². The minimum atomic E-state index is 0.388. The largest absolute Gasteiger partial charge is 0.458 e. The Hall–Kier alpha value is -0.800. The molecule has 1 aromatic carbocycles. The van der Waals surface area contributed by atoms with Crippen molar-refractivity contribution >= 4 is 26.9 Å². The van der Waals surface area contributed by atoms with Crippen LogP contribution in [-0.4, -0.2) is 6.54 Å². The smallest absolute Gasteiger partial charge is 0.148 e. The molecule has 1 saturated carbocycles. The maximum atomic E-state index is 6.10. The molecule has 0 spiro atoms. The van der Waals surface area contributed by atoms with Crippen LogP contribution in [0.1, 0.15) is 43.6 Å². The van der Waals surface area contributed by atoms with Crippen LogP contribution in [0.3, 0.4) is 0 Å². The van der Waals surface area contributed by atoms with Gasteiger partial charge in [-0.15, -0.1) is 0 Å². The van der Waals surface area contributed by atoms with Crippen LogP contribution >= 0.6 is 15.9 Å². The van der Waals surface area contributed by atoms with E-state index in [4.69, 9.17) is 4.42 Å². The SMILES string of the molecule is CCCNC(c1cc2cc(C)cc(Br)c2o1)C1CC1. The number of rotatable bonds is 5. The molecule has 19 heavy (non-hydrogen) atoms. The summed E-state index contributed by atoms with van der Waals surface area (Å²) < 4.78 is 7.16. The van der Waals surface area contributed by atoms with Gasteiger partial charge in [0.25, 0.3) is 0 Å². The fraction of sp³-hybridized carbons (Fsp3) is 0.500. The lowest BCUT2D eigenvalue weighted by Crippen LogP contribution is -2.23. The normalized spacial score (nSPS) is 17.0. The van der Waals surface area contributed by atoms with E-state index >= 15 is 0 Å². The highest BCUT2D eigenvalue weighted by Crippen LogP contribution is 2.43. The third kappa shape index (κ3) is 2.72. The van der Waals surface area contributed by atoms with Gasteiger partial charge in [-0.3, -0.25) is 0 Å². The second-order valence-corrected chi connectivity index (χ2v) is 6.44. The van der Waals surface area contributed by atoms with E-state index in [9.17, 15) is 0 Å². The third-order valence-electron chi connectivity index (χ3n) is 3.75. The number of nitrogens with one attached hydrogen (secondary N) is 1. The molecule has 3 rings (SSSR count). The Labute approximate surface area is 122 Å². The molecule has 2 nitrogen and oxygen atoms in total. The van der Waals surface area contributed by atoms with Crippen molar-refractivity contribution in [3.63, 3.8) is 0 Å². The predicted molar refractivity (Wildman–Crippen MR) is 82.4 cm³/mol. The summed E-state index contributed by atoms with van der Waals surface area (Å²) in [7, 11) is 0. The zero-order valence-corrected chi connectivity index (χ0v) is 13.1. The Morgan fingerprint density at radius 2 is 2.16 bits per heavy atom. The molecule has 1 aliphatic rings. The van der Waals surface area contributed by atoms with Crippen LogP contribution in [0.2, 0.25) is 0 Å². The van der Waals surface area contributed by atoms with E-state index in [0.29, 0.717) is 6.04 Å². The topological polar surface area (TPSA) is 25.2 Å². The molecule has 1 fully saturated rings. The Balaban J connectivity index is 1.96. The fourth-order valence-electron chi connectivity index (χ4n) is 2.65. The molecule has 102 valence electrons. The first-order valence-corrected chi connectivity index (χ1v) is 7.91. The fourth-order valence-corrected chi connectivity index (χ4v) is 3.32. The molecule has 1 aliphatic carbocycles. The third-order valence-corrected chi connectivity index (χ3v) is 4.34. The van der Waals surface area contributed by atoms with Gasteiger partial charge in [0.05, 0.1) is 10.5 Å². The zero-order chi connectivity index (χ0) is 13.4. The van der Waals surface area contributed by atoms with Gasteiger partial charge in [0, 0.05) is 5.39 Å². The predicted octanol–water partition coefficient (Wildman–Crippen LogP) is 4.95. The highest BCUT2D eigenvalue weighted by Gasteiger charge is 2.34. The first-order chi connectivity index (χ1) is 9.19. The van der Waals surface area contributed by atoms with Crippen LogP contribution < -0.4 is 5.32 Å². The van der Waals surface area contributed by atoms with E-state index in [1.54, 1.807) is 0 Å². The van der Waals surface area contributed by atoms with E-state index in [1.807, 2.05) is 0 Å². The molecule has 1 N–H and O–H groups in total. The molecule has 0 bridgehead atoms. The number of benzene rings is 1. The lowest BCUT2D eigenvalue weighted by molar-refractivity contribution is 0.396. The molecular weight excluding hydrogens is 302 g/mol. The van der Waals surface area contributed by atoms with Crippen molar-refractivity contribution in [1.82, 2.24) is 5.32 Å². The number of hydrogen-bond donors (Lipinski definition) is 1. The number of hydrogen-bond acceptors (Lipinski definition) is 2.